The molecule has 0 radical (unpaired) electrons. The number of benzene rings is 2. The number of ether oxygens (including phenoxy) is 2. The fourth-order valence-electron chi connectivity index (χ4n) is 3.32. The van der Waals surface area contributed by atoms with E-state index in [1.807, 2.05) is 37.3 Å². The van der Waals surface area contributed by atoms with Gasteiger partial charge in [-0.05, 0) is 49.6 Å². The lowest BCUT2D eigenvalue weighted by molar-refractivity contribution is -0.126. The smallest absolute Gasteiger partial charge is 0.251 e. The Bertz CT molecular complexity index is 948. The van der Waals surface area contributed by atoms with E-state index < -0.39 is 0 Å². The molecule has 1 N–H and O–H groups in total. The van der Waals surface area contributed by atoms with Gasteiger partial charge in [-0.15, -0.1) is 0 Å². The summed E-state index contributed by atoms with van der Waals surface area (Å²) in [4.78, 5) is 26.5. The van der Waals surface area contributed by atoms with E-state index in [0.29, 0.717) is 37.9 Å². The SMILES string of the molecule is CCN(Cc1cccc2c1OCCO2)C(=O)/C=C/c1ccc(C(=O)NC2CC2)cc1. The van der Waals surface area contributed by atoms with Crippen LogP contribution >= 0.6 is 0 Å². The first-order chi connectivity index (χ1) is 14.6. The molecular formula is C24H26N2O4. The van der Waals surface area contributed by atoms with Gasteiger partial charge >= 0.3 is 0 Å². The van der Waals surface area contributed by atoms with Crippen LogP contribution in [0.2, 0.25) is 0 Å². The molecule has 2 amide bonds. The summed E-state index contributed by atoms with van der Waals surface area (Å²) in [5.74, 6) is 1.32. The van der Waals surface area contributed by atoms with Crippen LogP contribution in [-0.2, 0) is 11.3 Å². The zero-order chi connectivity index (χ0) is 20.9. The van der Waals surface area contributed by atoms with Gasteiger partial charge in [0.1, 0.15) is 13.2 Å². The third kappa shape index (κ3) is 4.82. The summed E-state index contributed by atoms with van der Waals surface area (Å²) in [6.45, 7) is 4.03. The van der Waals surface area contributed by atoms with E-state index in [9.17, 15) is 9.59 Å². The molecule has 2 aromatic carbocycles. The van der Waals surface area contributed by atoms with Crippen molar-refractivity contribution in [2.75, 3.05) is 19.8 Å². The van der Waals surface area contributed by atoms with Gasteiger partial charge in [-0.3, -0.25) is 9.59 Å². The first-order valence-corrected chi connectivity index (χ1v) is 10.4. The molecule has 6 nitrogen and oxygen atoms in total. The molecule has 0 spiro atoms. The van der Waals surface area contributed by atoms with Gasteiger partial charge in [-0.1, -0.05) is 24.3 Å². The van der Waals surface area contributed by atoms with Crippen LogP contribution in [0, 0.1) is 0 Å². The number of fused-ring (bicyclic) bond motifs is 1. The van der Waals surface area contributed by atoms with Gasteiger partial charge in [-0.2, -0.15) is 0 Å². The Morgan fingerprint density at radius 2 is 1.87 bits per heavy atom. The number of hydrogen-bond donors (Lipinski definition) is 1. The lowest BCUT2D eigenvalue weighted by Crippen LogP contribution is -2.29. The predicted molar refractivity (Wildman–Crippen MR) is 114 cm³/mol. The highest BCUT2D eigenvalue weighted by atomic mass is 16.6. The van der Waals surface area contributed by atoms with Crippen molar-refractivity contribution in [2.45, 2.75) is 32.4 Å². The van der Waals surface area contributed by atoms with Crippen molar-refractivity contribution in [1.29, 1.82) is 0 Å². The summed E-state index contributed by atoms with van der Waals surface area (Å²) in [6, 6.07) is 13.4. The number of para-hydroxylation sites is 1. The molecule has 1 saturated carbocycles. The second kappa shape index (κ2) is 9.03. The van der Waals surface area contributed by atoms with Gasteiger partial charge < -0.3 is 19.7 Å². The van der Waals surface area contributed by atoms with Crippen LogP contribution in [0.15, 0.2) is 48.5 Å². The van der Waals surface area contributed by atoms with E-state index in [0.717, 1.165) is 35.5 Å². The summed E-state index contributed by atoms with van der Waals surface area (Å²) >= 11 is 0. The lowest BCUT2D eigenvalue weighted by atomic mass is 10.1. The van der Waals surface area contributed by atoms with Crippen molar-refractivity contribution in [1.82, 2.24) is 10.2 Å². The van der Waals surface area contributed by atoms with Crippen LogP contribution in [0.5, 0.6) is 11.5 Å². The third-order valence-corrected chi connectivity index (χ3v) is 5.21. The van der Waals surface area contributed by atoms with Crippen molar-refractivity contribution in [3.8, 4) is 11.5 Å². The summed E-state index contributed by atoms with van der Waals surface area (Å²) in [7, 11) is 0. The fraction of sp³-hybridized carbons (Fsp3) is 0.333. The van der Waals surface area contributed by atoms with Gasteiger partial charge in [0.15, 0.2) is 11.5 Å². The quantitative estimate of drug-likeness (QED) is 0.716. The van der Waals surface area contributed by atoms with Crippen molar-refractivity contribution in [2.24, 2.45) is 0 Å². The van der Waals surface area contributed by atoms with Crippen molar-refractivity contribution in [3.05, 3.63) is 65.2 Å². The lowest BCUT2D eigenvalue weighted by Gasteiger charge is -2.24. The first-order valence-electron chi connectivity index (χ1n) is 10.4. The Morgan fingerprint density at radius 1 is 1.10 bits per heavy atom. The van der Waals surface area contributed by atoms with Crippen LogP contribution in [0.3, 0.4) is 0 Å². The van der Waals surface area contributed by atoms with E-state index >= 15 is 0 Å². The molecule has 6 heteroatoms. The van der Waals surface area contributed by atoms with Crippen molar-refractivity contribution >= 4 is 17.9 Å². The summed E-state index contributed by atoms with van der Waals surface area (Å²) in [6.07, 6.45) is 5.46. The van der Waals surface area contributed by atoms with Gasteiger partial charge in [0.25, 0.3) is 5.91 Å². The molecule has 0 bridgehead atoms. The van der Waals surface area contributed by atoms with E-state index in [2.05, 4.69) is 5.32 Å². The Kier molecular flexibility index (Phi) is 6.02. The number of hydrogen-bond acceptors (Lipinski definition) is 4. The van der Waals surface area contributed by atoms with Crippen LogP contribution in [0.25, 0.3) is 6.08 Å². The molecule has 0 aromatic heterocycles. The average molecular weight is 406 g/mol. The maximum atomic E-state index is 12.7. The van der Waals surface area contributed by atoms with Crippen LogP contribution in [0.4, 0.5) is 0 Å². The van der Waals surface area contributed by atoms with Crippen molar-refractivity contribution in [3.63, 3.8) is 0 Å². The summed E-state index contributed by atoms with van der Waals surface area (Å²) in [5.41, 5.74) is 2.44. The minimum Gasteiger partial charge on any atom is -0.486 e. The second-order valence-electron chi connectivity index (χ2n) is 7.50. The fourth-order valence-corrected chi connectivity index (χ4v) is 3.32. The Balaban J connectivity index is 1.39. The number of rotatable bonds is 7. The molecule has 4 rings (SSSR count). The molecule has 2 aliphatic rings. The molecule has 0 unspecified atom stereocenters. The average Bonchev–Trinajstić information content (AvgIpc) is 3.60. The third-order valence-electron chi connectivity index (χ3n) is 5.21. The maximum absolute atomic E-state index is 12.7. The Hall–Kier alpha value is -3.28. The molecule has 30 heavy (non-hydrogen) atoms. The number of carbonyl (C=O) groups excluding carboxylic acids is 2. The number of carbonyl (C=O) groups is 2. The van der Waals surface area contributed by atoms with E-state index in [-0.39, 0.29) is 11.8 Å². The maximum Gasteiger partial charge on any atom is 0.251 e. The molecule has 156 valence electrons. The van der Waals surface area contributed by atoms with Gasteiger partial charge in [0, 0.05) is 36.3 Å². The molecule has 0 saturated heterocycles. The molecule has 1 aliphatic carbocycles. The zero-order valence-electron chi connectivity index (χ0n) is 17.1. The summed E-state index contributed by atoms with van der Waals surface area (Å²) < 4.78 is 11.4. The van der Waals surface area contributed by atoms with Crippen LogP contribution < -0.4 is 14.8 Å². The van der Waals surface area contributed by atoms with E-state index in [4.69, 9.17) is 9.47 Å². The molecule has 2 aromatic rings. The topological polar surface area (TPSA) is 67.9 Å². The van der Waals surface area contributed by atoms with Crippen LogP contribution in [0.1, 0.15) is 41.3 Å². The minimum absolute atomic E-state index is 0.0429. The highest BCUT2D eigenvalue weighted by molar-refractivity contribution is 5.95. The Morgan fingerprint density at radius 3 is 2.60 bits per heavy atom. The number of nitrogens with zero attached hydrogens (tertiary/aromatic N) is 1. The predicted octanol–water partition coefficient (Wildman–Crippen LogP) is 3.41. The molecule has 1 aliphatic heterocycles. The largest absolute Gasteiger partial charge is 0.486 e. The van der Waals surface area contributed by atoms with Crippen LogP contribution in [-0.4, -0.2) is 42.5 Å². The monoisotopic (exact) mass is 406 g/mol. The number of amides is 2. The number of nitrogens with one attached hydrogen (secondary N) is 1. The molecule has 1 fully saturated rings. The van der Waals surface area contributed by atoms with Gasteiger partial charge in [-0.25, -0.2) is 0 Å². The Labute approximate surface area is 176 Å². The normalized spacial score (nSPS) is 15.1. The highest BCUT2D eigenvalue weighted by Crippen LogP contribution is 2.34. The molecule has 1 heterocycles. The molecular weight excluding hydrogens is 380 g/mol. The number of likely N-dealkylation sites (N-methyl/N-ethyl adjacent to an activating group) is 1. The van der Waals surface area contributed by atoms with Crippen molar-refractivity contribution < 1.29 is 19.1 Å². The molecule has 0 atom stereocenters. The standard InChI is InChI=1S/C24H26N2O4/c1-2-26(16-19-4-3-5-21-23(19)30-15-14-29-21)22(27)13-8-17-6-9-18(10-7-17)24(28)25-20-11-12-20/h3-10,13,20H,2,11-12,14-16H2,1H3,(H,25,28)/b13-8+. The van der Waals surface area contributed by atoms with Gasteiger partial charge in [0.2, 0.25) is 5.91 Å². The summed E-state index contributed by atoms with van der Waals surface area (Å²) in [5, 5.41) is 2.97. The van der Waals surface area contributed by atoms with E-state index in [1.54, 1.807) is 29.2 Å². The highest BCUT2D eigenvalue weighted by Gasteiger charge is 2.23. The first kappa shape index (κ1) is 20.0. The van der Waals surface area contributed by atoms with E-state index in [1.165, 1.54) is 0 Å². The van der Waals surface area contributed by atoms with Gasteiger partial charge in [0.05, 0.1) is 0 Å². The second-order valence-corrected chi connectivity index (χ2v) is 7.50. The minimum atomic E-state index is -0.0811. The zero-order valence-corrected chi connectivity index (χ0v) is 17.1.